The van der Waals surface area contributed by atoms with E-state index >= 15 is 0 Å². The number of aryl methyl sites for hydroxylation is 1. The van der Waals surface area contributed by atoms with Crippen LogP contribution in [-0.4, -0.2) is 38.6 Å². The molecule has 4 rings (SSSR count). The molecule has 0 atom stereocenters. The molecular formula is C26H31N5O2S. The van der Waals surface area contributed by atoms with Crippen molar-refractivity contribution in [2.45, 2.75) is 59.3 Å². The fourth-order valence-electron chi connectivity index (χ4n) is 4.25. The first-order valence-electron chi connectivity index (χ1n) is 11.8. The van der Waals surface area contributed by atoms with Crippen LogP contribution in [0.1, 0.15) is 62.4 Å². The second-order valence-corrected chi connectivity index (χ2v) is 9.58. The lowest BCUT2D eigenvalue weighted by atomic mass is 10.1. The highest BCUT2D eigenvalue weighted by Crippen LogP contribution is 2.31. The molecule has 1 N–H and O–H groups in total. The van der Waals surface area contributed by atoms with Crippen molar-refractivity contribution in [2.75, 3.05) is 7.11 Å². The van der Waals surface area contributed by atoms with E-state index in [-0.39, 0.29) is 11.4 Å². The highest BCUT2D eigenvalue weighted by Gasteiger charge is 2.35. The van der Waals surface area contributed by atoms with Gasteiger partial charge < -0.3 is 9.30 Å². The first-order chi connectivity index (χ1) is 16.4. The predicted molar refractivity (Wildman–Crippen MR) is 140 cm³/mol. The summed E-state index contributed by atoms with van der Waals surface area (Å²) in [5.74, 6) is 0.463. The highest BCUT2D eigenvalue weighted by atomic mass is 32.2. The summed E-state index contributed by atoms with van der Waals surface area (Å²) >= 11 is 1.41. The number of amidine groups is 2. The summed E-state index contributed by atoms with van der Waals surface area (Å²) in [4.78, 5) is 17.1. The van der Waals surface area contributed by atoms with Crippen LogP contribution in [0.4, 0.5) is 0 Å². The Bertz CT molecular complexity index is 1210. The molecule has 1 amide bonds. The van der Waals surface area contributed by atoms with Gasteiger partial charge in [-0.2, -0.15) is 15.1 Å². The van der Waals surface area contributed by atoms with Crippen LogP contribution >= 0.6 is 11.8 Å². The van der Waals surface area contributed by atoms with Gasteiger partial charge in [-0.15, -0.1) is 0 Å². The second kappa shape index (κ2) is 10.4. The first-order valence-corrected chi connectivity index (χ1v) is 12.6. The molecule has 0 spiro atoms. The Kier molecular flexibility index (Phi) is 7.36. The third-order valence-corrected chi connectivity index (χ3v) is 7.04. The summed E-state index contributed by atoms with van der Waals surface area (Å²) in [5, 5.41) is 16.2. The largest absolute Gasteiger partial charge is 0.497 e. The minimum Gasteiger partial charge on any atom is -0.497 e. The molecule has 3 heterocycles. The molecule has 0 bridgehead atoms. The average molecular weight is 478 g/mol. The van der Waals surface area contributed by atoms with Gasteiger partial charge in [0.1, 0.15) is 10.8 Å². The van der Waals surface area contributed by atoms with E-state index in [0.29, 0.717) is 5.17 Å². The number of hydrogen-bond donors (Lipinski definition) is 1. The number of nitrogens with one attached hydrogen (secondary N) is 1. The van der Waals surface area contributed by atoms with Crippen molar-refractivity contribution in [2.24, 2.45) is 10.1 Å². The Morgan fingerprint density at radius 2 is 1.94 bits per heavy atom. The minimum absolute atomic E-state index is 0.0784. The summed E-state index contributed by atoms with van der Waals surface area (Å²) in [6, 6.07) is 9.87. The van der Waals surface area contributed by atoms with Gasteiger partial charge in [0.05, 0.1) is 12.7 Å². The van der Waals surface area contributed by atoms with Crippen LogP contribution in [0.3, 0.4) is 0 Å². The Hall–Kier alpha value is -3.13. The fraction of sp³-hybridized carbons (Fsp3) is 0.385. The van der Waals surface area contributed by atoms with Crippen LogP contribution in [0.15, 0.2) is 46.0 Å². The minimum atomic E-state index is -0.394. The number of aromatic nitrogens is 1. The van der Waals surface area contributed by atoms with E-state index in [1.54, 1.807) is 13.2 Å². The highest BCUT2D eigenvalue weighted by molar-refractivity contribution is 8.26. The van der Waals surface area contributed by atoms with E-state index in [0.717, 1.165) is 46.3 Å². The number of rotatable bonds is 9. The summed E-state index contributed by atoms with van der Waals surface area (Å²) in [7, 11) is 1.65. The SMILES string of the molecule is CCCCCCCC1=NN2C(=N)/C(=C/c3cc(C)n(-c4cccc(OC)c4)c3C)C(=O)N=C2S1. The van der Waals surface area contributed by atoms with Crippen LogP contribution in [0, 0.1) is 19.3 Å². The zero-order valence-corrected chi connectivity index (χ0v) is 21.0. The topological polar surface area (TPSA) is 83.0 Å². The van der Waals surface area contributed by atoms with Gasteiger partial charge in [0.2, 0.25) is 5.17 Å². The maximum atomic E-state index is 12.8. The number of methoxy groups -OCH3 is 1. The lowest BCUT2D eigenvalue weighted by Crippen LogP contribution is -2.35. The average Bonchev–Trinajstić information content (AvgIpc) is 3.36. The fourth-order valence-corrected chi connectivity index (χ4v) is 5.18. The maximum Gasteiger partial charge on any atom is 0.283 e. The van der Waals surface area contributed by atoms with E-state index in [1.807, 2.05) is 44.2 Å². The molecule has 2 aliphatic rings. The van der Waals surface area contributed by atoms with E-state index in [4.69, 9.17) is 10.1 Å². The quantitative estimate of drug-likeness (QED) is 0.350. The molecular weight excluding hydrogens is 446 g/mol. The number of aliphatic imine (C=N–C) groups is 1. The van der Waals surface area contributed by atoms with Gasteiger partial charge >= 0.3 is 0 Å². The number of ether oxygens (including phenoxy) is 1. The van der Waals surface area contributed by atoms with E-state index in [2.05, 4.69) is 21.6 Å². The Labute approximate surface area is 205 Å². The van der Waals surface area contributed by atoms with E-state index in [1.165, 1.54) is 42.5 Å². The van der Waals surface area contributed by atoms with Crippen molar-refractivity contribution in [3.05, 3.63) is 52.9 Å². The standard InChI is InChI=1S/C26H31N5O2S/c1-5-6-7-8-9-13-23-29-31-24(27)22(25(32)28-26(31)34-23)15-19-14-17(2)30(18(19)3)20-11-10-12-21(16-20)33-4/h10-12,14-16,27H,5-9,13H2,1-4H3/b22-15-,27-24?. The van der Waals surface area contributed by atoms with Gasteiger partial charge in [-0.1, -0.05) is 38.7 Å². The Morgan fingerprint density at radius 1 is 1.15 bits per heavy atom. The normalized spacial score (nSPS) is 16.7. The number of benzene rings is 1. The van der Waals surface area contributed by atoms with Crippen molar-refractivity contribution < 1.29 is 9.53 Å². The van der Waals surface area contributed by atoms with Gasteiger partial charge in [-0.3, -0.25) is 10.2 Å². The number of unbranched alkanes of at least 4 members (excludes halogenated alkanes) is 4. The molecule has 1 aromatic carbocycles. The number of carbonyl (C=O) groups excluding carboxylic acids is 1. The first kappa shape index (κ1) is 24.0. The second-order valence-electron chi connectivity index (χ2n) is 8.54. The van der Waals surface area contributed by atoms with Crippen LogP contribution in [0.25, 0.3) is 11.8 Å². The zero-order valence-electron chi connectivity index (χ0n) is 20.2. The maximum absolute atomic E-state index is 12.8. The number of hydrogen-bond acceptors (Lipinski definition) is 5. The van der Waals surface area contributed by atoms with Crippen molar-refractivity contribution >= 4 is 39.8 Å². The molecule has 0 aliphatic carbocycles. The smallest absolute Gasteiger partial charge is 0.283 e. The molecule has 7 nitrogen and oxygen atoms in total. The molecule has 0 fully saturated rings. The molecule has 0 unspecified atom stereocenters. The van der Waals surface area contributed by atoms with Crippen LogP contribution in [0.2, 0.25) is 0 Å². The Balaban J connectivity index is 1.57. The molecule has 178 valence electrons. The van der Waals surface area contributed by atoms with Crippen molar-refractivity contribution in [1.82, 2.24) is 9.58 Å². The predicted octanol–water partition coefficient (Wildman–Crippen LogP) is 6.08. The van der Waals surface area contributed by atoms with Gasteiger partial charge in [0.15, 0.2) is 5.84 Å². The molecule has 0 saturated carbocycles. The number of thioether (sulfide) groups is 1. The van der Waals surface area contributed by atoms with E-state index < -0.39 is 5.91 Å². The molecule has 34 heavy (non-hydrogen) atoms. The number of hydrazone groups is 1. The molecule has 1 aromatic heterocycles. The van der Waals surface area contributed by atoms with Crippen molar-refractivity contribution in [1.29, 1.82) is 5.41 Å². The van der Waals surface area contributed by atoms with Crippen molar-refractivity contribution in [3.63, 3.8) is 0 Å². The third-order valence-electron chi connectivity index (χ3n) is 6.07. The van der Waals surface area contributed by atoms with Gasteiger partial charge in [0, 0.05) is 23.1 Å². The molecule has 0 radical (unpaired) electrons. The van der Waals surface area contributed by atoms with Crippen LogP contribution in [-0.2, 0) is 4.79 Å². The third kappa shape index (κ3) is 4.87. The van der Waals surface area contributed by atoms with Crippen molar-refractivity contribution in [3.8, 4) is 11.4 Å². The number of carbonyl (C=O) groups is 1. The zero-order chi connectivity index (χ0) is 24.2. The van der Waals surface area contributed by atoms with E-state index in [9.17, 15) is 4.79 Å². The molecule has 2 aliphatic heterocycles. The number of nitrogens with zero attached hydrogens (tertiary/aromatic N) is 4. The van der Waals surface area contributed by atoms with Crippen LogP contribution < -0.4 is 4.74 Å². The summed E-state index contributed by atoms with van der Waals surface area (Å²) in [6.07, 6.45) is 8.55. The van der Waals surface area contributed by atoms with Gasteiger partial charge in [-0.25, -0.2) is 0 Å². The summed E-state index contributed by atoms with van der Waals surface area (Å²) in [5.41, 5.74) is 4.10. The van der Waals surface area contributed by atoms with Gasteiger partial charge in [0.25, 0.3) is 5.91 Å². The molecule has 8 heteroatoms. The monoisotopic (exact) mass is 477 g/mol. The lowest BCUT2D eigenvalue weighted by molar-refractivity contribution is -0.114. The van der Waals surface area contributed by atoms with Gasteiger partial charge in [-0.05, 0) is 68.3 Å². The number of amides is 1. The lowest BCUT2D eigenvalue weighted by Gasteiger charge is -2.20. The molecule has 2 aromatic rings. The summed E-state index contributed by atoms with van der Waals surface area (Å²) < 4.78 is 7.48. The summed E-state index contributed by atoms with van der Waals surface area (Å²) in [6.45, 7) is 6.23. The van der Waals surface area contributed by atoms with Crippen LogP contribution in [0.5, 0.6) is 5.75 Å². The molecule has 0 saturated heterocycles. The Morgan fingerprint density at radius 3 is 2.71 bits per heavy atom. The number of fused-ring (bicyclic) bond motifs is 1.